The second-order valence-electron chi connectivity index (χ2n) is 11.4. The van der Waals surface area contributed by atoms with Crippen molar-refractivity contribution in [3.8, 4) is 11.4 Å². The summed E-state index contributed by atoms with van der Waals surface area (Å²) >= 11 is 0. The average molecular weight is 620 g/mol. The number of para-hydroxylation sites is 4. The molecule has 0 aliphatic carbocycles. The zero-order valence-corrected chi connectivity index (χ0v) is 26.5. The van der Waals surface area contributed by atoms with E-state index in [1.165, 1.54) is 21.0 Å². The minimum atomic E-state index is -1.10. The summed E-state index contributed by atoms with van der Waals surface area (Å²) in [5, 5.41) is 16.2. The van der Waals surface area contributed by atoms with E-state index in [-0.39, 0.29) is 0 Å². The Labute approximate surface area is 275 Å². The number of rotatable bonds is 7. The first-order valence-corrected chi connectivity index (χ1v) is 17.0. The molecule has 47 heavy (non-hydrogen) atoms. The van der Waals surface area contributed by atoms with Gasteiger partial charge in [-0.15, -0.1) is 0 Å². The zero-order valence-electron chi connectivity index (χ0n) is 25.6. The first-order chi connectivity index (χ1) is 23.3. The van der Waals surface area contributed by atoms with E-state index >= 15 is 0 Å². The summed E-state index contributed by atoms with van der Waals surface area (Å²) < 4.78 is 0. The summed E-state index contributed by atoms with van der Waals surface area (Å²) in [4.78, 5) is 4.75. The van der Waals surface area contributed by atoms with Crippen molar-refractivity contribution in [1.82, 2.24) is 0 Å². The van der Waals surface area contributed by atoms with Crippen LogP contribution in [-0.2, 0) is 0 Å². The maximum absolute atomic E-state index is 10.0. The molecule has 0 spiro atoms. The van der Waals surface area contributed by atoms with E-state index in [4.69, 9.17) is 0 Å². The molecule has 8 aromatic rings. The lowest BCUT2D eigenvalue weighted by Gasteiger charge is -2.28. The maximum atomic E-state index is 10.0. The molecule has 0 atom stereocenters. The molecule has 0 amide bonds. The number of hydrogen-bond donors (Lipinski definition) is 0. The summed E-state index contributed by atoms with van der Waals surface area (Å²) in [6.45, 7) is 0. The summed E-state index contributed by atoms with van der Waals surface area (Å²) in [6.07, 6.45) is 0. The van der Waals surface area contributed by atoms with Crippen molar-refractivity contribution in [3.05, 3.63) is 188 Å². The number of nitrogens with zero attached hydrogens (tertiary/aromatic N) is 3. The number of hydrogen-bond acceptors (Lipinski definition) is 3. The van der Waals surface area contributed by atoms with Crippen molar-refractivity contribution in [2.75, 3.05) is 9.80 Å². The van der Waals surface area contributed by atoms with Crippen LogP contribution in [0.3, 0.4) is 0 Å². The Morgan fingerprint density at radius 1 is 0.404 bits per heavy atom. The third-order valence-electron chi connectivity index (χ3n) is 8.54. The topological polar surface area (TPSA) is 30.3 Å². The second kappa shape index (κ2) is 12.4. The van der Waals surface area contributed by atoms with Crippen molar-refractivity contribution < 1.29 is 0 Å². The Bertz CT molecular complexity index is 2140. The van der Waals surface area contributed by atoms with E-state index in [0.29, 0.717) is 5.56 Å². The lowest BCUT2D eigenvalue weighted by molar-refractivity contribution is 1.30. The normalized spacial score (nSPS) is 11.0. The highest BCUT2D eigenvalue weighted by Crippen LogP contribution is 2.62. The van der Waals surface area contributed by atoms with Gasteiger partial charge in [-0.3, -0.25) is 0 Å². The molecule has 0 saturated carbocycles. The molecule has 0 radical (unpaired) electrons. The van der Waals surface area contributed by atoms with E-state index in [1.54, 1.807) is 0 Å². The second-order valence-corrected chi connectivity index (χ2v) is 13.4. The Morgan fingerprint density at radius 2 is 0.787 bits per heavy atom. The van der Waals surface area contributed by atoms with Crippen LogP contribution in [0, 0.1) is 11.3 Å². The fourth-order valence-electron chi connectivity index (χ4n) is 6.58. The van der Waals surface area contributed by atoms with Crippen molar-refractivity contribution in [2.24, 2.45) is 0 Å². The van der Waals surface area contributed by atoms with E-state index in [0.717, 1.165) is 39.4 Å². The van der Waals surface area contributed by atoms with Crippen LogP contribution in [0.1, 0.15) is 5.56 Å². The van der Waals surface area contributed by atoms with Crippen LogP contribution in [0.2, 0.25) is 0 Å². The van der Waals surface area contributed by atoms with Gasteiger partial charge in [-0.05, 0) is 83.6 Å². The Morgan fingerprint density at radius 3 is 1.17 bits per heavy atom. The van der Waals surface area contributed by atoms with Gasteiger partial charge in [0.25, 0.3) is 0 Å². The van der Waals surface area contributed by atoms with Crippen molar-refractivity contribution in [2.45, 2.75) is 0 Å². The first-order valence-electron chi connectivity index (χ1n) is 15.7. The molecule has 0 fully saturated rings. The largest absolute Gasteiger partial charge is 0.310 e. The smallest absolute Gasteiger partial charge is 0.0991 e. The molecule has 3 nitrogen and oxygen atoms in total. The zero-order chi connectivity index (χ0) is 31.6. The van der Waals surface area contributed by atoms with Gasteiger partial charge in [-0.25, -0.2) is 0 Å². The van der Waals surface area contributed by atoms with E-state index < -0.39 is 7.53 Å². The molecule has 222 valence electrons. The number of benzene rings is 7. The molecule has 4 heteroatoms. The van der Waals surface area contributed by atoms with Gasteiger partial charge in [0, 0.05) is 38.3 Å². The number of anilines is 6. The molecular formula is C43H30N3P. The third-order valence-corrected chi connectivity index (χ3v) is 11.2. The molecule has 0 unspecified atom stereocenters. The van der Waals surface area contributed by atoms with Gasteiger partial charge in [0.15, 0.2) is 0 Å². The molecule has 0 aliphatic heterocycles. The molecule has 1 heterocycles. The van der Waals surface area contributed by atoms with Crippen molar-refractivity contribution >= 4 is 62.7 Å². The highest BCUT2D eigenvalue weighted by atomic mass is 31.1. The minimum Gasteiger partial charge on any atom is -0.310 e. The van der Waals surface area contributed by atoms with Gasteiger partial charge in [-0.2, -0.15) is 5.26 Å². The monoisotopic (exact) mass is 619 g/mol. The molecule has 0 N–H and O–H groups in total. The number of fused-ring (bicyclic) bond motifs is 3. The van der Waals surface area contributed by atoms with Crippen LogP contribution in [0.4, 0.5) is 34.1 Å². The predicted molar refractivity (Wildman–Crippen MR) is 200 cm³/mol. The van der Waals surface area contributed by atoms with Gasteiger partial charge >= 0.3 is 0 Å². The third kappa shape index (κ3) is 5.12. The Kier molecular flexibility index (Phi) is 7.48. The van der Waals surface area contributed by atoms with Crippen LogP contribution in [0.5, 0.6) is 0 Å². The summed E-state index contributed by atoms with van der Waals surface area (Å²) in [6, 6.07) is 66.4. The van der Waals surface area contributed by atoms with Crippen LogP contribution >= 0.6 is 7.53 Å². The van der Waals surface area contributed by atoms with Gasteiger partial charge < -0.3 is 9.80 Å². The first kappa shape index (κ1) is 28.4. The fourth-order valence-corrected chi connectivity index (χ4v) is 9.50. The van der Waals surface area contributed by atoms with Crippen molar-refractivity contribution in [1.29, 1.82) is 5.26 Å². The Hall–Kier alpha value is -6.07. The molecule has 0 aliphatic rings. The summed E-state index contributed by atoms with van der Waals surface area (Å²) in [5.74, 6) is 0. The van der Waals surface area contributed by atoms with Gasteiger partial charge in [0.05, 0.1) is 23.0 Å². The van der Waals surface area contributed by atoms with Crippen LogP contribution in [0.25, 0.3) is 26.3 Å². The maximum Gasteiger partial charge on any atom is 0.0991 e. The quantitative estimate of drug-likeness (QED) is 0.178. The molecule has 0 bridgehead atoms. The van der Waals surface area contributed by atoms with Crippen LogP contribution < -0.4 is 9.80 Å². The van der Waals surface area contributed by atoms with Gasteiger partial charge in [0.2, 0.25) is 0 Å². The van der Waals surface area contributed by atoms with Crippen LogP contribution in [-0.4, -0.2) is 0 Å². The molecule has 1 aromatic heterocycles. The molecule has 0 saturated heterocycles. The minimum absolute atomic E-state index is 0.668. The van der Waals surface area contributed by atoms with Gasteiger partial charge in [0.1, 0.15) is 0 Å². The molecular weight excluding hydrogens is 589 g/mol. The molecule has 7 aromatic carbocycles. The lowest BCUT2D eigenvalue weighted by atomic mass is 10.1. The van der Waals surface area contributed by atoms with Crippen LogP contribution in [0.15, 0.2) is 182 Å². The summed E-state index contributed by atoms with van der Waals surface area (Å²) in [7, 11) is -1.10. The highest BCUT2D eigenvalue weighted by Gasteiger charge is 2.25. The van der Waals surface area contributed by atoms with E-state index in [9.17, 15) is 5.26 Å². The predicted octanol–water partition coefficient (Wildman–Crippen LogP) is 12.8. The summed E-state index contributed by atoms with van der Waals surface area (Å²) in [5.41, 5.74) is 7.33. The molecule has 8 rings (SSSR count). The lowest BCUT2D eigenvalue weighted by Crippen LogP contribution is -2.10. The van der Waals surface area contributed by atoms with Gasteiger partial charge in [-0.1, -0.05) is 117 Å². The standard InChI is InChI=1S/C43H30N3P/c44-31-32-16-13-25-37(30-32)47-42-38(26-14-28-40(42)45(33-17-5-1-6-18-33)34-19-7-2-8-20-34)39-27-15-29-41(43(39)47)46(35-21-9-3-10-22-35)36-23-11-4-12-24-36/h1-30H. The van der Waals surface area contributed by atoms with Crippen molar-refractivity contribution in [3.63, 3.8) is 0 Å². The Balaban J connectivity index is 1.53. The SMILES string of the molecule is N#Cc1cccc(-p2c3c(N(c4ccccc4)c4ccccc4)cccc3c3cccc(N(c4ccccc4)c4ccccc4)c32)c1. The average Bonchev–Trinajstić information content (AvgIpc) is 3.50. The number of nitriles is 1. The van der Waals surface area contributed by atoms with E-state index in [2.05, 4.69) is 186 Å². The highest BCUT2D eigenvalue weighted by molar-refractivity contribution is 7.68. The fraction of sp³-hybridized carbons (Fsp3) is 0. The van der Waals surface area contributed by atoms with E-state index in [1.807, 2.05) is 12.1 Å².